The molecule has 0 aliphatic heterocycles. The van der Waals surface area contributed by atoms with Crippen LogP contribution in [0.4, 0.5) is 0 Å². The van der Waals surface area contributed by atoms with Gasteiger partial charge in [0.25, 0.3) is 5.91 Å². The molecule has 5 nitrogen and oxygen atoms in total. The molecule has 1 rings (SSSR count). The first-order valence-electron chi connectivity index (χ1n) is 6.47. The van der Waals surface area contributed by atoms with E-state index in [0.29, 0.717) is 11.3 Å². The van der Waals surface area contributed by atoms with Crippen LogP contribution < -0.4 is 10.1 Å². The monoisotopic (exact) mass is 308 g/mol. The number of nitriles is 1. The summed E-state index contributed by atoms with van der Waals surface area (Å²) in [6.07, 6.45) is 0. The van der Waals surface area contributed by atoms with Crippen LogP contribution in [0.3, 0.4) is 0 Å². The van der Waals surface area contributed by atoms with Gasteiger partial charge in [-0.25, -0.2) is 0 Å². The Bertz CT molecular complexity index is 579. The minimum Gasteiger partial charge on any atom is -0.484 e. The van der Waals surface area contributed by atoms with Crippen LogP contribution in [0.25, 0.3) is 0 Å². The van der Waals surface area contributed by atoms with Crippen LogP contribution in [0, 0.1) is 17.2 Å². The second-order valence-corrected chi connectivity index (χ2v) is 5.35. The quantitative estimate of drug-likeness (QED) is 0.874. The summed E-state index contributed by atoms with van der Waals surface area (Å²) < 4.78 is 5.29. The Balaban J connectivity index is 2.59. The van der Waals surface area contributed by atoms with Crippen LogP contribution in [-0.2, 0) is 9.59 Å². The Kier molecular flexibility index (Phi) is 6.19. The molecule has 0 aliphatic rings. The molecule has 1 unspecified atom stereocenters. The van der Waals surface area contributed by atoms with Crippen molar-refractivity contribution in [3.05, 3.63) is 28.8 Å². The summed E-state index contributed by atoms with van der Waals surface area (Å²) in [4.78, 5) is 23.2. The van der Waals surface area contributed by atoms with Crippen molar-refractivity contribution >= 4 is 23.3 Å². The summed E-state index contributed by atoms with van der Waals surface area (Å²) in [5.41, 5.74) is 0.338. The van der Waals surface area contributed by atoms with Crippen molar-refractivity contribution in [3.8, 4) is 11.8 Å². The molecule has 1 atom stereocenters. The fourth-order valence-corrected chi connectivity index (χ4v) is 1.99. The Hall–Kier alpha value is -2.06. The van der Waals surface area contributed by atoms with Gasteiger partial charge in [-0.1, -0.05) is 25.4 Å². The van der Waals surface area contributed by atoms with E-state index in [1.807, 2.05) is 19.9 Å². The molecule has 1 amide bonds. The molecule has 0 heterocycles. The lowest BCUT2D eigenvalue weighted by atomic mass is 10.0. The molecule has 112 valence electrons. The smallest absolute Gasteiger partial charge is 0.258 e. The lowest BCUT2D eigenvalue weighted by Crippen LogP contribution is -2.45. The molecule has 1 N–H and O–H groups in total. The number of hydrogen-bond acceptors (Lipinski definition) is 4. The van der Waals surface area contributed by atoms with Crippen LogP contribution in [0.5, 0.6) is 5.75 Å². The van der Waals surface area contributed by atoms with E-state index in [1.54, 1.807) is 6.07 Å². The Morgan fingerprint density at radius 2 is 2.10 bits per heavy atom. The van der Waals surface area contributed by atoms with Gasteiger partial charge in [-0.3, -0.25) is 9.59 Å². The van der Waals surface area contributed by atoms with Gasteiger partial charge in [-0.15, -0.1) is 0 Å². The lowest BCUT2D eigenvalue weighted by Gasteiger charge is -2.19. The predicted octanol–water partition coefficient (Wildman–Crippen LogP) is 2.32. The fraction of sp³-hybridized carbons (Fsp3) is 0.400. The Morgan fingerprint density at radius 1 is 1.43 bits per heavy atom. The SMILES string of the molecule is CC(=O)C(NC(=O)COc1ccc(C#N)c(Cl)c1)C(C)C. The normalized spacial score (nSPS) is 11.6. The summed E-state index contributed by atoms with van der Waals surface area (Å²) in [7, 11) is 0. The molecule has 0 radical (unpaired) electrons. The second-order valence-electron chi connectivity index (χ2n) is 4.94. The minimum absolute atomic E-state index is 0.0100. The van der Waals surface area contributed by atoms with Crippen LogP contribution in [0.2, 0.25) is 5.02 Å². The molecule has 0 aromatic heterocycles. The molecule has 0 spiro atoms. The van der Waals surface area contributed by atoms with E-state index in [9.17, 15) is 9.59 Å². The zero-order chi connectivity index (χ0) is 16.0. The highest BCUT2D eigenvalue weighted by Gasteiger charge is 2.20. The van der Waals surface area contributed by atoms with Crippen molar-refractivity contribution in [2.45, 2.75) is 26.8 Å². The van der Waals surface area contributed by atoms with Crippen LogP contribution >= 0.6 is 11.6 Å². The molecule has 0 fully saturated rings. The third-order valence-corrected chi connectivity index (χ3v) is 3.16. The van der Waals surface area contributed by atoms with Gasteiger partial charge in [0.05, 0.1) is 16.6 Å². The first-order valence-corrected chi connectivity index (χ1v) is 6.85. The number of rotatable bonds is 6. The molecule has 0 saturated carbocycles. The number of benzene rings is 1. The van der Waals surface area contributed by atoms with Gasteiger partial charge < -0.3 is 10.1 Å². The third kappa shape index (κ3) is 5.09. The third-order valence-electron chi connectivity index (χ3n) is 2.85. The summed E-state index contributed by atoms with van der Waals surface area (Å²) >= 11 is 5.86. The Morgan fingerprint density at radius 3 is 2.57 bits per heavy atom. The van der Waals surface area contributed by atoms with Gasteiger partial charge in [0.2, 0.25) is 0 Å². The van der Waals surface area contributed by atoms with Crippen LogP contribution in [-0.4, -0.2) is 24.3 Å². The fourth-order valence-electron chi connectivity index (χ4n) is 1.78. The van der Waals surface area contributed by atoms with E-state index < -0.39 is 6.04 Å². The Labute approximate surface area is 128 Å². The van der Waals surface area contributed by atoms with Gasteiger partial charge in [-0.2, -0.15) is 5.26 Å². The van der Waals surface area contributed by atoms with E-state index in [2.05, 4.69) is 5.32 Å². The highest BCUT2D eigenvalue weighted by Crippen LogP contribution is 2.21. The standard InChI is InChI=1S/C15H17ClN2O3/c1-9(2)15(10(3)19)18-14(20)8-21-12-5-4-11(7-17)13(16)6-12/h4-6,9,15H,8H2,1-3H3,(H,18,20). The first kappa shape index (κ1) is 17.0. The highest BCUT2D eigenvalue weighted by atomic mass is 35.5. The first-order chi connectivity index (χ1) is 9.85. The summed E-state index contributed by atoms with van der Waals surface area (Å²) in [6.45, 7) is 4.92. The number of amides is 1. The van der Waals surface area contributed by atoms with E-state index in [-0.39, 0.29) is 29.2 Å². The maximum atomic E-state index is 11.8. The average Bonchev–Trinajstić information content (AvgIpc) is 2.42. The molecule has 1 aromatic carbocycles. The molecule has 0 aliphatic carbocycles. The van der Waals surface area contributed by atoms with Crippen molar-refractivity contribution in [1.82, 2.24) is 5.32 Å². The number of ketones is 1. The van der Waals surface area contributed by atoms with Crippen molar-refractivity contribution in [3.63, 3.8) is 0 Å². The van der Waals surface area contributed by atoms with E-state index in [1.165, 1.54) is 19.1 Å². The van der Waals surface area contributed by atoms with Gasteiger partial charge in [0.1, 0.15) is 11.8 Å². The summed E-state index contributed by atoms with van der Waals surface area (Å²) in [5, 5.41) is 11.6. The second kappa shape index (κ2) is 7.65. The van der Waals surface area contributed by atoms with Crippen molar-refractivity contribution in [2.24, 2.45) is 5.92 Å². The maximum Gasteiger partial charge on any atom is 0.258 e. The van der Waals surface area contributed by atoms with Crippen LogP contribution in [0.1, 0.15) is 26.3 Å². The van der Waals surface area contributed by atoms with Gasteiger partial charge in [-0.05, 0) is 25.0 Å². The van der Waals surface area contributed by atoms with Crippen molar-refractivity contribution in [1.29, 1.82) is 5.26 Å². The van der Waals surface area contributed by atoms with E-state index in [4.69, 9.17) is 21.6 Å². The lowest BCUT2D eigenvalue weighted by molar-refractivity contribution is -0.129. The molecule has 6 heteroatoms. The molecular weight excluding hydrogens is 292 g/mol. The average molecular weight is 309 g/mol. The van der Waals surface area contributed by atoms with Crippen molar-refractivity contribution < 1.29 is 14.3 Å². The number of nitrogens with zero attached hydrogens (tertiary/aromatic N) is 1. The van der Waals surface area contributed by atoms with Crippen LogP contribution in [0.15, 0.2) is 18.2 Å². The molecule has 0 saturated heterocycles. The number of halogens is 1. The van der Waals surface area contributed by atoms with E-state index in [0.717, 1.165) is 0 Å². The van der Waals surface area contributed by atoms with Gasteiger partial charge in [0.15, 0.2) is 12.4 Å². The number of ether oxygens (including phenoxy) is 1. The van der Waals surface area contributed by atoms with Crippen molar-refractivity contribution in [2.75, 3.05) is 6.61 Å². The largest absolute Gasteiger partial charge is 0.484 e. The van der Waals surface area contributed by atoms with E-state index >= 15 is 0 Å². The topological polar surface area (TPSA) is 79.2 Å². The predicted molar refractivity (Wildman–Crippen MR) is 79.1 cm³/mol. The maximum absolute atomic E-state index is 11.8. The summed E-state index contributed by atoms with van der Waals surface area (Å²) in [5.74, 6) is -0.0852. The summed E-state index contributed by atoms with van der Waals surface area (Å²) in [6, 6.07) is 5.96. The molecular formula is C15H17ClN2O3. The number of carbonyl (C=O) groups is 2. The molecule has 21 heavy (non-hydrogen) atoms. The minimum atomic E-state index is -0.523. The zero-order valence-corrected chi connectivity index (χ0v) is 12.9. The molecule has 0 bridgehead atoms. The molecule has 1 aromatic rings. The number of Topliss-reactive ketones (excluding diaryl/α,β-unsaturated/α-hetero) is 1. The number of carbonyl (C=O) groups excluding carboxylic acids is 2. The number of nitrogens with one attached hydrogen (secondary N) is 1. The number of hydrogen-bond donors (Lipinski definition) is 1. The zero-order valence-electron chi connectivity index (χ0n) is 12.1. The van der Waals surface area contributed by atoms with Gasteiger partial charge in [0, 0.05) is 6.07 Å². The highest BCUT2D eigenvalue weighted by molar-refractivity contribution is 6.31. The van der Waals surface area contributed by atoms with Gasteiger partial charge >= 0.3 is 0 Å².